The molecule has 6 heteroatoms. The summed E-state index contributed by atoms with van der Waals surface area (Å²) in [6, 6.07) is 2.55. The first-order valence-corrected chi connectivity index (χ1v) is 6.56. The summed E-state index contributed by atoms with van der Waals surface area (Å²) < 4.78 is 14.0. The Morgan fingerprint density at radius 2 is 1.53 bits per heavy atom. The minimum atomic E-state index is -2.30. The quantitative estimate of drug-likeness (QED) is 0.592. The minimum absolute atomic E-state index is 0.0770. The molecule has 19 heavy (non-hydrogen) atoms. The van der Waals surface area contributed by atoms with Gasteiger partial charge in [-0.2, -0.15) is 0 Å². The summed E-state index contributed by atoms with van der Waals surface area (Å²) in [4.78, 5) is 23.7. The van der Waals surface area contributed by atoms with Crippen LogP contribution in [-0.2, 0) is 4.79 Å². The van der Waals surface area contributed by atoms with Gasteiger partial charge < -0.3 is 0 Å². The molecule has 1 unspecified atom stereocenters. The Morgan fingerprint density at radius 1 is 1.11 bits per heavy atom. The molecule has 0 heterocycles. The molecule has 0 N–H and O–H groups in total. The fourth-order valence-electron chi connectivity index (χ4n) is 1.40. The Bertz CT molecular complexity index is 512. The summed E-state index contributed by atoms with van der Waals surface area (Å²) in [5, 5.41) is 0.0721. The second-order valence-electron chi connectivity index (χ2n) is 5.09. The first kappa shape index (κ1) is 16.4. The maximum Gasteiger partial charge on any atom is 0.221 e. The van der Waals surface area contributed by atoms with Crippen LogP contribution in [-0.4, -0.2) is 17.7 Å². The standard InChI is InChI=1S/C13H12Cl3FO2/c1-13(2,3)12(19)10(17)11(18)9-7(15)4-6(14)5-8(9)16/h4-5,10H,1-3H3. The van der Waals surface area contributed by atoms with Crippen molar-refractivity contribution in [1.82, 2.24) is 0 Å². The van der Waals surface area contributed by atoms with Crippen molar-refractivity contribution in [3.8, 4) is 0 Å². The average Bonchev–Trinajstić information content (AvgIpc) is 2.24. The molecule has 0 spiro atoms. The molecule has 104 valence electrons. The highest BCUT2D eigenvalue weighted by Crippen LogP contribution is 2.31. The van der Waals surface area contributed by atoms with Crippen LogP contribution in [0.15, 0.2) is 12.1 Å². The van der Waals surface area contributed by atoms with Crippen LogP contribution in [0.4, 0.5) is 4.39 Å². The van der Waals surface area contributed by atoms with Gasteiger partial charge in [-0.05, 0) is 12.1 Å². The average molecular weight is 326 g/mol. The molecule has 1 aromatic rings. The van der Waals surface area contributed by atoms with Crippen molar-refractivity contribution in [2.45, 2.75) is 26.9 Å². The lowest BCUT2D eigenvalue weighted by Crippen LogP contribution is -2.35. The molecule has 0 radical (unpaired) electrons. The molecule has 0 bridgehead atoms. The minimum Gasteiger partial charge on any atom is -0.295 e. The monoisotopic (exact) mass is 324 g/mol. The number of benzene rings is 1. The van der Waals surface area contributed by atoms with Crippen molar-refractivity contribution in [3.63, 3.8) is 0 Å². The van der Waals surface area contributed by atoms with E-state index in [0.717, 1.165) is 0 Å². The van der Waals surface area contributed by atoms with E-state index in [2.05, 4.69) is 0 Å². The normalized spacial score (nSPS) is 13.2. The molecule has 1 aromatic carbocycles. The van der Waals surface area contributed by atoms with Crippen LogP contribution in [0.2, 0.25) is 15.1 Å². The maximum atomic E-state index is 14.0. The molecule has 1 atom stereocenters. The first-order chi connectivity index (χ1) is 8.55. The SMILES string of the molecule is CC(C)(C)C(=O)C(F)C(=O)c1c(Cl)cc(Cl)cc1Cl. The zero-order valence-corrected chi connectivity index (χ0v) is 12.8. The molecule has 0 fully saturated rings. The van der Waals surface area contributed by atoms with Gasteiger partial charge in [-0.1, -0.05) is 55.6 Å². The fourth-order valence-corrected chi connectivity index (χ4v) is 2.41. The molecule has 1 rings (SSSR count). The highest BCUT2D eigenvalue weighted by atomic mass is 35.5. The number of hydrogen-bond acceptors (Lipinski definition) is 2. The Kier molecular flexibility index (Phi) is 4.99. The molecule has 0 saturated heterocycles. The fraction of sp³-hybridized carbons (Fsp3) is 0.385. The molecule has 0 saturated carbocycles. The maximum absolute atomic E-state index is 14.0. The number of hydrogen-bond donors (Lipinski definition) is 0. The van der Waals surface area contributed by atoms with Crippen molar-refractivity contribution in [1.29, 1.82) is 0 Å². The Morgan fingerprint density at radius 3 is 1.89 bits per heavy atom. The van der Waals surface area contributed by atoms with E-state index in [1.165, 1.54) is 32.9 Å². The van der Waals surface area contributed by atoms with Crippen LogP contribution in [0.3, 0.4) is 0 Å². The zero-order valence-electron chi connectivity index (χ0n) is 10.6. The zero-order chi connectivity index (χ0) is 15.0. The highest BCUT2D eigenvalue weighted by molar-refractivity contribution is 6.43. The lowest BCUT2D eigenvalue weighted by atomic mass is 9.86. The van der Waals surface area contributed by atoms with Crippen molar-refractivity contribution < 1.29 is 14.0 Å². The van der Waals surface area contributed by atoms with Gasteiger partial charge >= 0.3 is 0 Å². The summed E-state index contributed by atoms with van der Waals surface area (Å²) in [5.41, 5.74) is -1.20. The van der Waals surface area contributed by atoms with E-state index in [-0.39, 0.29) is 20.6 Å². The second kappa shape index (κ2) is 5.78. The van der Waals surface area contributed by atoms with Crippen molar-refractivity contribution in [2.75, 3.05) is 0 Å². The van der Waals surface area contributed by atoms with Gasteiger partial charge in [0, 0.05) is 10.4 Å². The Hall–Kier alpha value is -0.640. The second-order valence-corrected chi connectivity index (χ2v) is 6.34. The van der Waals surface area contributed by atoms with E-state index in [0.29, 0.717) is 0 Å². The number of ketones is 2. The van der Waals surface area contributed by atoms with E-state index in [4.69, 9.17) is 34.8 Å². The predicted octanol–water partition coefficient (Wildman–Crippen LogP) is 4.78. The molecule has 0 aliphatic heterocycles. The summed E-state index contributed by atoms with van der Waals surface area (Å²) >= 11 is 17.4. The van der Waals surface area contributed by atoms with Crippen molar-refractivity contribution >= 4 is 46.4 Å². The molecular weight excluding hydrogens is 313 g/mol. The summed E-state index contributed by atoms with van der Waals surface area (Å²) in [6.07, 6.45) is -2.30. The van der Waals surface area contributed by atoms with Crippen LogP contribution in [0.5, 0.6) is 0 Å². The number of halogens is 4. The molecule has 0 aliphatic rings. The van der Waals surface area contributed by atoms with Crippen LogP contribution in [0.25, 0.3) is 0 Å². The van der Waals surface area contributed by atoms with Gasteiger partial charge in [0.15, 0.2) is 5.78 Å². The summed E-state index contributed by atoms with van der Waals surface area (Å²) in [7, 11) is 0. The largest absolute Gasteiger partial charge is 0.295 e. The van der Waals surface area contributed by atoms with Gasteiger partial charge in [0.1, 0.15) is 0 Å². The van der Waals surface area contributed by atoms with Crippen LogP contribution >= 0.6 is 34.8 Å². The topological polar surface area (TPSA) is 34.1 Å². The Labute approximate surface area is 125 Å². The molecule has 0 amide bonds. The molecule has 0 aromatic heterocycles. The third-order valence-corrected chi connectivity index (χ3v) is 3.27. The smallest absolute Gasteiger partial charge is 0.221 e. The molecular formula is C13H12Cl3FO2. The van der Waals surface area contributed by atoms with E-state index >= 15 is 0 Å². The van der Waals surface area contributed by atoms with E-state index in [9.17, 15) is 14.0 Å². The number of alkyl halides is 1. The number of carbonyl (C=O) groups is 2. The van der Waals surface area contributed by atoms with E-state index in [1.54, 1.807) is 0 Å². The van der Waals surface area contributed by atoms with Gasteiger partial charge in [0.05, 0.1) is 15.6 Å². The van der Waals surface area contributed by atoms with Gasteiger partial charge in [-0.15, -0.1) is 0 Å². The summed E-state index contributed by atoms with van der Waals surface area (Å²) in [6.45, 7) is 4.58. The van der Waals surface area contributed by atoms with Gasteiger partial charge in [-0.25, -0.2) is 4.39 Å². The third kappa shape index (κ3) is 3.68. The summed E-state index contributed by atoms with van der Waals surface area (Å²) in [5.74, 6) is -1.87. The molecule has 2 nitrogen and oxygen atoms in total. The predicted molar refractivity (Wildman–Crippen MR) is 75.2 cm³/mol. The lowest BCUT2D eigenvalue weighted by molar-refractivity contribution is -0.129. The Balaban J connectivity index is 3.19. The third-order valence-electron chi connectivity index (χ3n) is 2.45. The van der Waals surface area contributed by atoms with Gasteiger partial charge in [0.2, 0.25) is 12.0 Å². The highest BCUT2D eigenvalue weighted by Gasteiger charge is 2.36. The molecule has 0 aliphatic carbocycles. The van der Waals surface area contributed by atoms with Crippen LogP contribution in [0, 0.1) is 5.41 Å². The van der Waals surface area contributed by atoms with Crippen molar-refractivity contribution in [3.05, 3.63) is 32.8 Å². The van der Waals surface area contributed by atoms with Crippen LogP contribution < -0.4 is 0 Å². The first-order valence-electron chi connectivity index (χ1n) is 5.43. The van der Waals surface area contributed by atoms with Gasteiger partial charge in [0.25, 0.3) is 0 Å². The van der Waals surface area contributed by atoms with E-state index < -0.39 is 23.2 Å². The number of Topliss-reactive ketones (excluding diaryl/α,β-unsaturated/α-hetero) is 2. The number of carbonyl (C=O) groups excluding carboxylic acids is 2. The number of rotatable bonds is 3. The van der Waals surface area contributed by atoms with E-state index in [1.807, 2.05) is 0 Å². The lowest BCUT2D eigenvalue weighted by Gasteiger charge is -2.19. The van der Waals surface area contributed by atoms with Gasteiger partial charge in [-0.3, -0.25) is 9.59 Å². The van der Waals surface area contributed by atoms with Crippen LogP contribution in [0.1, 0.15) is 31.1 Å². The van der Waals surface area contributed by atoms with Crippen molar-refractivity contribution in [2.24, 2.45) is 5.41 Å².